The zero-order valence-electron chi connectivity index (χ0n) is 20.5. The molecule has 1 unspecified atom stereocenters. The smallest absolute Gasteiger partial charge is 0.277 e. The zero-order valence-corrected chi connectivity index (χ0v) is 21.3. The number of amides is 1. The summed E-state index contributed by atoms with van der Waals surface area (Å²) in [5, 5.41) is 9.28. The van der Waals surface area contributed by atoms with Crippen molar-refractivity contribution < 1.29 is 17.9 Å². The van der Waals surface area contributed by atoms with Gasteiger partial charge in [-0.3, -0.25) is 23.7 Å². The third-order valence-corrected chi connectivity index (χ3v) is 7.96. The number of fused-ring (bicyclic) bond motifs is 1. The molecule has 2 aromatic heterocycles. The van der Waals surface area contributed by atoms with Crippen molar-refractivity contribution in [3.63, 3.8) is 0 Å². The van der Waals surface area contributed by atoms with Crippen molar-refractivity contribution in [2.45, 2.75) is 31.6 Å². The lowest BCUT2D eigenvalue weighted by atomic mass is 9.93. The molecule has 0 spiro atoms. The van der Waals surface area contributed by atoms with Gasteiger partial charge < -0.3 is 15.4 Å². The number of carbonyl (C=O) groups excluding carboxylic acids is 1. The topological polar surface area (TPSA) is 138 Å². The van der Waals surface area contributed by atoms with E-state index in [1.807, 2.05) is 18.2 Å². The number of ether oxygens (including phenoxy) is 1. The average Bonchev–Trinajstić information content (AvgIpc) is 3.65. The van der Waals surface area contributed by atoms with Crippen LogP contribution in [0.25, 0.3) is 11.0 Å². The Morgan fingerprint density at radius 3 is 2.67 bits per heavy atom. The number of pyridine rings is 1. The second-order valence-corrected chi connectivity index (χ2v) is 11.6. The molecule has 1 saturated heterocycles. The molecule has 1 aliphatic heterocycles. The quantitative estimate of drug-likeness (QED) is 0.441. The number of benzene rings is 1. The minimum absolute atomic E-state index is 0.0138. The second kappa shape index (κ2) is 9.25. The van der Waals surface area contributed by atoms with Gasteiger partial charge in [-0.15, -0.1) is 0 Å². The number of aryl methyl sites for hydroxylation is 1. The lowest BCUT2D eigenvalue weighted by molar-refractivity contribution is -0.117. The Bertz CT molecular complexity index is 1480. The standard InChI is InChI=1S/C24H30N6O5S/c1-29-24(32)21-18(12-20(26-22(21)28-29)27-23(31)14-6-7-14)25-17-9-8-15(16-5-4-10-35-13-16)11-19(17)30(2)36(3,33)34/h8-9,11-12,14,16H,4-7,10,13H2,1-3H3,(H3,25,26,27,28,31). The molecule has 0 bridgehead atoms. The van der Waals surface area contributed by atoms with Crippen molar-refractivity contribution in [3.8, 4) is 0 Å². The first kappa shape index (κ1) is 24.3. The van der Waals surface area contributed by atoms with Crippen LogP contribution in [0.5, 0.6) is 0 Å². The van der Waals surface area contributed by atoms with Crippen LogP contribution in [0.4, 0.5) is 22.9 Å². The maximum Gasteiger partial charge on any atom is 0.277 e. The fraction of sp³-hybridized carbons (Fsp3) is 0.458. The Morgan fingerprint density at radius 2 is 2.00 bits per heavy atom. The molecule has 2 fully saturated rings. The highest BCUT2D eigenvalue weighted by Gasteiger charge is 2.30. The van der Waals surface area contributed by atoms with Gasteiger partial charge in [0.25, 0.3) is 5.56 Å². The summed E-state index contributed by atoms with van der Waals surface area (Å²) in [5.74, 6) is 0.355. The molecule has 1 aromatic carbocycles. The minimum atomic E-state index is -3.57. The van der Waals surface area contributed by atoms with Crippen LogP contribution in [0, 0.1) is 5.92 Å². The molecule has 1 atom stereocenters. The van der Waals surface area contributed by atoms with E-state index in [2.05, 4.69) is 20.7 Å². The Morgan fingerprint density at radius 1 is 1.22 bits per heavy atom. The molecule has 5 rings (SSSR count). The highest BCUT2D eigenvalue weighted by Crippen LogP contribution is 2.37. The first-order valence-corrected chi connectivity index (χ1v) is 13.8. The summed E-state index contributed by atoms with van der Waals surface area (Å²) in [4.78, 5) is 29.6. The van der Waals surface area contributed by atoms with Gasteiger partial charge in [-0.1, -0.05) is 6.07 Å². The summed E-state index contributed by atoms with van der Waals surface area (Å²) >= 11 is 0. The van der Waals surface area contributed by atoms with Crippen LogP contribution in [0.15, 0.2) is 29.1 Å². The maximum absolute atomic E-state index is 12.9. The number of H-pyrrole nitrogens is 1. The predicted octanol–water partition coefficient (Wildman–Crippen LogP) is 2.64. The monoisotopic (exact) mass is 514 g/mol. The van der Waals surface area contributed by atoms with Crippen molar-refractivity contribution in [2.75, 3.05) is 41.5 Å². The highest BCUT2D eigenvalue weighted by molar-refractivity contribution is 7.92. The third-order valence-electron chi connectivity index (χ3n) is 6.77. The molecule has 2 aliphatic rings. The van der Waals surface area contributed by atoms with Gasteiger partial charge in [0.2, 0.25) is 15.9 Å². The van der Waals surface area contributed by atoms with E-state index in [0.29, 0.717) is 40.5 Å². The van der Waals surface area contributed by atoms with Crippen LogP contribution in [0.3, 0.4) is 0 Å². The van der Waals surface area contributed by atoms with Gasteiger partial charge in [-0.05, 0) is 43.4 Å². The number of nitrogens with one attached hydrogen (secondary N) is 3. The molecule has 1 aliphatic carbocycles. The Kier molecular flexibility index (Phi) is 6.25. The Hall–Kier alpha value is -3.38. The number of rotatable bonds is 7. The van der Waals surface area contributed by atoms with E-state index in [1.165, 1.54) is 16.0 Å². The first-order chi connectivity index (χ1) is 17.1. The second-order valence-electron chi connectivity index (χ2n) is 9.56. The molecule has 0 radical (unpaired) electrons. The first-order valence-electron chi connectivity index (χ1n) is 11.9. The summed E-state index contributed by atoms with van der Waals surface area (Å²) in [6.45, 7) is 1.32. The Balaban J connectivity index is 1.58. The summed E-state index contributed by atoms with van der Waals surface area (Å²) in [6, 6.07) is 7.22. The molecule has 1 amide bonds. The lowest BCUT2D eigenvalue weighted by Crippen LogP contribution is -2.26. The van der Waals surface area contributed by atoms with E-state index in [9.17, 15) is 18.0 Å². The molecule has 11 nitrogen and oxygen atoms in total. The van der Waals surface area contributed by atoms with E-state index in [0.717, 1.165) is 44.1 Å². The molecular formula is C24H30N6O5S. The van der Waals surface area contributed by atoms with Crippen molar-refractivity contribution in [2.24, 2.45) is 13.0 Å². The third kappa shape index (κ3) is 4.82. The van der Waals surface area contributed by atoms with Gasteiger partial charge in [0.15, 0.2) is 5.65 Å². The van der Waals surface area contributed by atoms with Crippen molar-refractivity contribution in [1.82, 2.24) is 14.8 Å². The van der Waals surface area contributed by atoms with Crippen molar-refractivity contribution >= 4 is 49.8 Å². The van der Waals surface area contributed by atoms with Crippen molar-refractivity contribution in [3.05, 3.63) is 40.2 Å². The largest absolute Gasteiger partial charge is 0.381 e. The summed E-state index contributed by atoms with van der Waals surface area (Å²) in [5.41, 5.74) is 2.35. The van der Waals surface area contributed by atoms with Crippen molar-refractivity contribution in [1.29, 1.82) is 0 Å². The summed E-state index contributed by atoms with van der Waals surface area (Å²) < 4.78 is 33.1. The van der Waals surface area contributed by atoms with Gasteiger partial charge in [0.05, 0.1) is 29.9 Å². The number of carbonyl (C=O) groups is 1. The van der Waals surface area contributed by atoms with Crippen LogP contribution in [0.1, 0.15) is 37.2 Å². The molecule has 12 heteroatoms. The van der Waals surface area contributed by atoms with Crippen LogP contribution in [-0.2, 0) is 26.6 Å². The maximum atomic E-state index is 12.9. The fourth-order valence-corrected chi connectivity index (χ4v) is 4.96. The van der Waals surface area contributed by atoms with Crippen LogP contribution < -0.4 is 20.5 Å². The van der Waals surface area contributed by atoms with E-state index in [1.54, 1.807) is 13.1 Å². The van der Waals surface area contributed by atoms with Gasteiger partial charge in [0.1, 0.15) is 11.2 Å². The number of aromatic amines is 1. The van der Waals surface area contributed by atoms with Gasteiger partial charge >= 0.3 is 0 Å². The SMILES string of the molecule is CN(c1cc(C2CCCOC2)ccc1Nc1cc(NC(=O)C2CC2)nc2[nH]n(C)c(=O)c12)S(C)(=O)=O. The molecule has 3 N–H and O–H groups in total. The molecule has 3 heterocycles. The number of nitrogens with zero attached hydrogens (tertiary/aromatic N) is 3. The van der Waals surface area contributed by atoms with Gasteiger partial charge in [-0.2, -0.15) is 0 Å². The minimum Gasteiger partial charge on any atom is -0.381 e. The van der Waals surface area contributed by atoms with E-state index >= 15 is 0 Å². The Labute approximate surface area is 208 Å². The molecule has 192 valence electrons. The van der Waals surface area contributed by atoms with E-state index in [4.69, 9.17) is 4.74 Å². The number of hydrogen-bond acceptors (Lipinski definition) is 7. The van der Waals surface area contributed by atoms with Crippen LogP contribution in [0.2, 0.25) is 0 Å². The van der Waals surface area contributed by atoms with E-state index in [-0.39, 0.29) is 23.3 Å². The summed E-state index contributed by atoms with van der Waals surface area (Å²) in [6.07, 6.45) is 4.75. The summed E-state index contributed by atoms with van der Waals surface area (Å²) in [7, 11) is -0.491. The molecule has 3 aromatic rings. The fourth-order valence-electron chi connectivity index (χ4n) is 4.45. The molecule has 1 saturated carbocycles. The predicted molar refractivity (Wildman–Crippen MR) is 138 cm³/mol. The molecular weight excluding hydrogens is 484 g/mol. The lowest BCUT2D eigenvalue weighted by Gasteiger charge is -2.26. The van der Waals surface area contributed by atoms with Gasteiger partial charge in [-0.25, -0.2) is 13.4 Å². The van der Waals surface area contributed by atoms with Gasteiger partial charge in [0, 0.05) is 38.6 Å². The highest BCUT2D eigenvalue weighted by atomic mass is 32.2. The normalized spacial score (nSPS) is 18.2. The number of sulfonamides is 1. The number of hydrogen-bond donors (Lipinski definition) is 3. The van der Waals surface area contributed by atoms with Crippen LogP contribution in [-0.4, -0.2) is 55.6 Å². The van der Waals surface area contributed by atoms with Crippen LogP contribution >= 0.6 is 0 Å². The zero-order chi connectivity index (χ0) is 25.6. The van der Waals surface area contributed by atoms with E-state index < -0.39 is 10.0 Å². The molecule has 36 heavy (non-hydrogen) atoms. The number of anilines is 4. The average molecular weight is 515 g/mol. The number of aromatic nitrogens is 3.